The van der Waals surface area contributed by atoms with Gasteiger partial charge < -0.3 is 14.8 Å². The number of hydrogen-bond acceptors (Lipinski definition) is 3. The largest absolute Gasteiger partial charge is 0.497 e. The van der Waals surface area contributed by atoms with Crippen molar-refractivity contribution in [3.63, 3.8) is 0 Å². The summed E-state index contributed by atoms with van der Waals surface area (Å²) in [6.45, 7) is 3.73. The van der Waals surface area contributed by atoms with E-state index >= 15 is 0 Å². The lowest BCUT2D eigenvalue weighted by atomic mass is 10.1. The van der Waals surface area contributed by atoms with Gasteiger partial charge in [-0.25, -0.2) is 0 Å². The first-order valence-electron chi connectivity index (χ1n) is 8.37. The van der Waals surface area contributed by atoms with Crippen molar-refractivity contribution < 1.29 is 9.47 Å². The van der Waals surface area contributed by atoms with E-state index in [1.54, 1.807) is 7.11 Å². The molecule has 2 aromatic carbocycles. The van der Waals surface area contributed by atoms with Gasteiger partial charge in [-0.3, -0.25) is 0 Å². The molecule has 0 unspecified atom stereocenters. The highest BCUT2D eigenvalue weighted by molar-refractivity contribution is 7.80. The molecule has 0 saturated carbocycles. The van der Waals surface area contributed by atoms with Gasteiger partial charge in [0, 0.05) is 12.1 Å². The number of hydrogen-bond donors (Lipinski definition) is 1. The average Bonchev–Trinajstić information content (AvgIpc) is 2.63. The van der Waals surface area contributed by atoms with Crippen LogP contribution in [-0.2, 0) is 6.42 Å². The smallest absolute Gasteiger partial charge is 0.119 e. The van der Waals surface area contributed by atoms with Crippen molar-refractivity contribution in [3.05, 3.63) is 59.7 Å². The third kappa shape index (κ3) is 5.85. The van der Waals surface area contributed by atoms with Gasteiger partial charge in [-0.15, -0.1) is 0 Å². The van der Waals surface area contributed by atoms with Crippen LogP contribution in [-0.4, -0.2) is 25.2 Å². The van der Waals surface area contributed by atoms with E-state index in [1.165, 1.54) is 5.56 Å². The predicted octanol–water partition coefficient (Wildman–Crippen LogP) is 4.38. The fraction of sp³-hybridized carbons (Fsp3) is 0.350. The van der Waals surface area contributed by atoms with Crippen LogP contribution in [0.3, 0.4) is 0 Å². The van der Waals surface area contributed by atoms with Crippen LogP contribution in [0.5, 0.6) is 11.5 Å². The first-order valence-corrected chi connectivity index (χ1v) is 8.77. The molecule has 24 heavy (non-hydrogen) atoms. The molecule has 0 fully saturated rings. The Bertz CT molecular complexity index is 623. The number of unbranched alkanes of at least 4 members (excludes halogenated alkanes) is 1. The maximum atomic E-state index is 5.67. The summed E-state index contributed by atoms with van der Waals surface area (Å²) in [5, 5.41) is 3.31. The number of benzene rings is 2. The quantitative estimate of drug-likeness (QED) is 0.541. The molecular formula is C20H25NO2S. The minimum absolute atomic E-state index is 0.764. The molecule has 1 N–H and O–H groups in total. The Hall–Kier alpha value is -2.07. The van der Waals surface area contributed by atoms with Gasteiger partial charge in [0.2, 0.25) is 0 Å². The maximum Gasteiger partial charge on any atom is 0.119 e. The van der Waals surface area contributed by atoms with Gasteiger partial charge in [0.15, 0.2) is 0 Å². The summed E-state index contributed by atoms with van der Waals surface area (Å²) >= 11 is 5.45. The SMILES string of the molecule is CCCCOc1ccc(C(=S)NCCc2ccc(OC)cc2)cc1. The van der Waals surface area contributed by atoms with Gasteiger partial charge in [0.25, 0.3) is 0 Å². The zero-order valence-electron chi connectivity index (χ0n) is 14.4. The molecule has 0 bridgehead atoms. The van der Waals surface area contributed by atoms with Gasteiger partial charge in [0.05, 0.1) is 13.7 Å². The molecule has 4 heteroatoms. The van der Waals surface area contributed by atoms with Gasteiger partial charge in [-0.1, -0.05) is 37.7 Å². The normalized spacial score (nSPS) is 10.2. The van der Waals surface area contributed by atoms with Crippen molar-refractivity contribution in [1.29, 1.82) is 0 Å². The lowest BCUT2D eigenvalue weighted by molar-refractivity contribution is 0.309. The van der Waals surface area contributed by atoms with Crippen molar-refractivity contribution in [2.24, 2.45) is 0 Å². The van der Waals surface area contributed by atoms with E-state index in [9.17, 15) is 0 Å². The Morgan fingerprint density at radius 1 is 1.00 bits per heavy atom. The third-order valence-electron chi connectivity index (χ3n) is 3.74. The van der Waals surface area contributed by atoms with Crippen LogP contribution in [0.4, 0.5) is 0 Å². The van der Waals surface area contributed by atoms with Crippen molar-refractivity contribution in [1.82, 2.24) is 5.32 Å². The molecule has 0 saturated heterocycles. The van der Waals surface area contributed by atoms with Crippen molar-refractivity contribution in [2.45, 2.75) is 26.2 Å². The van der Waals surface area contributed by atoms with Crippen molar-refractivity contribution >= 4 is 17.2 Å². The molecule has 2 rings (SSSR count). The van der Waals surface area contributed by atoms with E-state index < -0.39 is 0 Å². The number of rotatable bonds is 9. The lowest BCUT2D eigenvalue weighted by Gasteiger charge is -2.10. The molecule has 0 aromatic heterocycles. The average molecular weight is 343 g/mol. The topological polar surface area (TPSA) is 30.5 Å². The predicted molar refractivity (Wildman–Crippen MR) is 103 cm³/mol. The third-order valence-corrected chi connectivity index (χ3v) is 4.12. The fourth-order valence-electron chi connectivity index (χ4n) is 2.25. The summed E-state index contributed by atoms with van der Waals surface area (Å²) in [5.41, 5.74) is 2.27. The van der Waals surface area contributed by atoms with Crippen LogP contribution in [0, 0.1) is 0 Å². The summed E-state index contributed by atoms with van der Waals surface area (Å²) in [6.07, 6.45) is 3.13. The summed E-state index contributed by atoms with van der Waals surface area (Å²) in [4.78, 5) is 0.767. The zero-order valence-corrected chi connectivity index (χ0v) is 15.2. The van der Waals surface area contributed by atoms with E-state index in [4.69, 9.17) is 21.7 Å². The second-order valence-electron chi connectivity index (χ2n) is 5.58. The number of thiocarbonyl (C=S) groups is 1. The van der Waals surface area contributed by atoms with Crippen LogP contribution < -0.4 is 14.8 Å². The Balaban J connectivity index is 1.77. The molecule has 0 spiro atoms. The van der Waals surface area contributed by atoms with Crippen LogP contribution in [0.25, 0.3) is 0 Å². The molecule has 0 heterocycles. The molecule has 0 radical (unpaired) electrons. The van der Waals surface area contributed by atoms with E-state index in [2.05, 4.69) is 24.4 Å². The highest BCUT2D eigenvalue weighted by Gasteiger charge is 2.02. The number of nitrogens with one attached hydrogen (secondary N) is 1. The second-order valence-corrected chi connectivity index (χ2v) is 5.99. The fourth-order valence-corrected chi connectivity index (χ4v) is 2.49. The number of methoxy groups -OCH3 is 1. The van der Waals surface area contributed by atoms with E-state index in [0.29, 0.717) is 0 Å². The van der Waals surface area contributed by atoms with E-state index in [0.717, 1.165) is 54.5 Å². The Kier molecular flexibility index (Phi) is 7.56. The van der Waals surface area contributed by atoms with Crippen LogP contribution >= 0.6 is 12.2 Å². The van der Waals surface area contributed by atoms with Crippen LogP contribution in [0.1, 0.15) is 30.9 Å². The summed E-state index contributed by atoms with van der Waals surface area (Å²) in [6, 6.07) is 16.1. The van der Waals surface area contributed by atoms with Gasteiger partial charge in [-0.05, 0) is 54.8 Å². The maximum absolute atomic E-state index is 5.67. The minimum atomic E-state index is 0.764. The Morgan fingerprint density at radius 2 is 1.67 bits per heavy atom. The Labute approximate surface area is 150 Å². The molecule has 0 aliphatic carbocycles. The van der Waals surface area contributed by atoms with Gasteiger partial charge in [-0.2, -0.15) is 0 Å². The van der Waals surface area contributed by atoms with Crippen molar-refractivity contribution in [3.8, 4) is 11.5 Å². The second kappa shape index (κ2) is 9.93. The van der Waals surface area contributed by atoms with Crippen molar-refractivity contribution in [2.75, 3.05) is 20.3 Å². The molecule has 2 aromatic rings. The van der Waals surface area contributed by atoms with Gasteiger partial charge in [0.1, 0.15) is 16.5 Å². The first kappa shape index (κ1) is 18.3. The minimum Gasteiger partial charge on any atom is -0.497 e. The number of ether oxygens (including phenoxy) is 2. The monoisotopic (exact) mass is 343 g/mol. The highest BCUT2D eigenvalue weighted by Crippen LogP contribution is 2.14. The van der Waals surface area contributed by atoms with Crippen LogP contribution in [0.2, 0.25) is 0 Å². The molecule has 0 aliphatic heterocycles. The van der Waals surface area contributed by atoms with E-state index in [1.807, 2.05) is 36.4 Å². The molecule has 128 valence electrons. The van der Waals surface area contributed by atoms with E-state index in [-0.39, 0.29) is 0 Å². The van der Waals surface area contributed by atoms with Crippen LogP contribution in [0.15, 0.2) is 48.5 Å². The summed E-state index contributed by atoms with van der Waals surface area (Å²) < 4.78 is 10.8. The summed E-state index contributed by atoms with van der Waals surface area (Å²) in [7, 11) is 1.68. The standard InChI is InChI=1S/C20H25NO2S/c1-3-4-15-23-19-11-7-17(8-12-19)20(24)21-14-13-16-5-9-18(22-2)10-6-16/h5-12H,3-4,13-15H2,1-2H3,(H,21,24). The highest BCUT2D eigenvalue weighted by atomic mass is 32.1. The first-order chi connectivity index (χ1) is 11.7. The van der Waals surface area contributed by atoms with Gasteiger partial charge >= 0.3 is 0 Å². The zero-order chi connectivity index (χ0) is 17.2. The summed E-state index contributed by atoms with van der Waals surface area (Å²) in [5.74, 6) is 1.77. The molecule has 0 atom stereocenters. The molecular weight excluding hydrogens is 318 g/mol. The molecule has 3 nitrogen and oxygen atoms in total. The lowest BCUT2D eigenvalue weighted by Crippen LogP contribution is -2.24. The Morgan fingerprint density at radius 3 is 2.29 bits per heavy atom. The molecule has 0 amide bonds. The molecule has 0 aliphatic rings.